The molecule has 0 aromatic heterocycles. The van der Waals surface area contributed by atoms with E-state index in [-0.39, 0.29) is 27.2 Å². The lowest BCUT2D eigenvalue weighted by molar-refractivity contribution is -0.140. The highest BCUT2D eigenvalue weighted by atomic mass is 35.5. The van der Waals surface area contributed by atoms with Crippen LogP contribution in [0.5, 0.6) is 0 Å². The Morgan fingerprint density at radius 1 is 0.949 bits per heavy atom. The summed E-state index contributed by atoms with van der Waals surface area (Å²) < 4.78 is 42.0. The first-order valence-electron chi connectivity index (χ1n) is 12.1. The van der Waals surface area contributed by atoms with Crippen molar-refractivity contribution >= 4 is 50.7 Å². The van der Waals surface area contributed by atoms with Crippen molar-refractivity contribution in [3.05, 3.63) is 94.2 Å². The molecule has 1 unspecified atom stereocenters. The Labute approximate surface area is 238 Å². The van der Waals surface area contributed by atoms with E-state index in [0.717, 1.165) is 4.31 Å². The SMILES string of the molecule is CC(C(=O)NC(C)(C)C)N(Cc1ccc(F)cc1)C(=O)CN(c1cccc(Cl)c1Cl)S(=O)(=O)c1ccccc1. The lowest BCUT2D eigenvalue weighted by Crippen LogP contribution is -2.54. The fraction of sp³-hybridized carbons (Fsp3) is 0.286. The number of nitrogens with zero attached hydrogens (tertiary/aromatic N) is 2. The van der Waals surface area contributed by atoms with Crippen LogP contribution in [0.1, 0.15) is 33.3 Å². The van der Waals surface area contributed by atoms with Gasteiger partial charge in [-0.05, 0) is 69.7 Å². The summed E-state index contributed by atoms with van der Waals surface area (Å²) in [6.07, 6.45) is 0. The molecular formula is C28H30Cl2FN3O4S. The molecule has 0 aliphatic rings. The van der Waals surface area contributed by atoms with E-state index in [1.54, 1.807) is 45.9 Å². The van der Waals surface area contributed by atoms with Crippen molar-refractivity contribution < 1.29 is 22.4 Å². The van der Waals surface area contributed by atoms with Crippen LogP contribution >= 0.6 is 23.2 Å². The maximum absolute atomic E-state index is 13.9. The summed E-state index contributed by atoms with van der Waals surface area (Å²) in [5.74, 6) is -1.56. The Morgan fingerprint density at radius 3 is 2.15 bits per heavy atom. The van der Waals surface area contributed by atoms with Gasteiger partial charge in [0.25, 0.3) is 10.0 Å². The van der Waals surface area contributed by atoms with Gasteiger partial charge in [0, 0.05) is 12.1 Å². The van der Waals surface area contributed by atoms with Gasteiger partial charge in [-0.3, -0.25) is 13.9 Å². The van der Waals surface area contributed by atoms with Crippen LogP contribution in [0.25, 0.3) is 0 Å². The smallest absolute Gasteiger partial charge is 0.264 e. The number of carbonyl (C=O) groups excluding carboxylic acids is 2. The van der Waals surface area contributed by atoms with Gasteiger partial charge in [0.15, 0.2) is 0 Å². The number of anilines is 1. The van der Waals surface area contributed by atoms with E-state index in [9.17, 15) is 22.4 Å². The lowest BCUT2D eigenvalue weighted by atomic mass is 10.1. The highest BCUT2D eigenvalue weighted by Gasteiger charge is 2.34. The monoisotopic (exact) mass is 593 g/mol. The molecule has 0 heterocycles. The standard InChI is InChI=1S/C28H30Cl2FN3O4S/c1-19(27(36)32-28(2,3)4)33(17-20-13-15-21(31)16-14-20)25(35)18-34(24-12-8-11-23(29)26(24)30)39(37,38)22-9-6-5-7-10-22/h5-16,19H,17-18H2,1-4H3,(H,32,36). The Balaban J connectivity index is 2.06. The van der Waals surface area contributed by atoms with Crippen LogP contribution in [0.2, 0.25) is 10.0 Å². The zero-order valence-electron chi connectivity index (χ0n) is 22.0. The Bertz CT molecular complexity index is 1430. The molecule has 0 radical (unpaired) electrons. The minimum Gasteiger partial charge on any atom is -0.350 e. The largest absolute Gasteiger partial charge is 0.350 e. The van der Waals surface area contributed by atoms with Crippen LogP contribution in [-0.4, -0.2) is 43.3 Å². The fourth-order valence-electron chi connectivity index (χ4n) is 3.76. The molecular weight excluding hydrogens is 564 g/mol. The van der Waals surface area contributed by atoms with E-state index >= 15 is 0 Å². The minimum atomic E-state index is -4.28. The normalized spacial score (nSPS) is 12.5. The van der Waals surface area contributed by atoms with Crippen LogP contribution in [-0.2, 0) is 26.2 Å². The maximum atomic E-state index is 13.9. The first kappa shape index (κ1) is 30.4. The summed E-state index contributed by atoms with van der Waals surface area (Å²) in [4.78, 5) is 28.2. The second-order valence-electron chi connectivity index (χ2n) is 9.96. The van der Waals surface area contributed by atoms with Crippen LogP contribution in [0.15, 0.2) is 77.7 Å². The number of benzene rings is 3. The number of carbonyl (C=O) groups is 2. The van der Waals surface area contributed by atoms with Crippen molar-refractivity contribution in [2.24, 2.45) is 0 Å². The van der Waals surface area contributed by atoms with Crippen molar-refractivity contribution in [3.8, 4) is 0 Å². The number of hydrogen-bond donors (Lipinski definition) is 1. The summed E-state index contributed by atoms with van der Waals surface area (Å²) >= 11 is 12.6. The van der Waals surface area contributed by atoms with Crippen molar-refractivity contribution in [1.82, 2.24) is 10.2 Å². The number of hydrogen-bond acceptors (Lipinski definition) is 4. The summed E-state index contributed by atoms with van der Waals surface area (Å²) in [7, 11) is -4.28. The van der Waals surface area contributed by atoms with E-state index in [2.05, 4.69) is 5.32 Å². The molecule has 39 heavy (non-hydrogen) atoms. The Kier molecular flexibility index (Phi) is 9.64. The van der Waals surface area contributed by atoms with Gasteiger partial charge >= 0.3 is 0 Å². The van der Waals surface area contributed by atoms with E-state index in [4.69, 9.17) is 23.2 Å². The molecule has 0 aliphatic heterocycles. The first-order valence-corrected chi connectivity index (χ1v) is 14.3. The second-order valence-corrected chi connectivity index (χ2v) is 12.6. The summed E-state index contributed by atoms with van der Waals surface area (Å²) in [5.41, 5.74) is -0.0132. The zero-order valence-corrected chi connectivity index (χ0v) is 24.3. The highest BCUT2D eigenvalue weighted by Crippen LogP contribution is 2.35. The van der Waals surface area contributed by atoms with Crippen LogP contribution in [0.4, 0.5) is 10.1 Å². The Morgan fingerprint density at radius 2 is 1.56 bits per heavy atom. The van der Waals surface area contributed by atoms with Gasteiger partial charge in [0.2, 0.25) is 11.8 Å². The molecule has 2 amide bonds. The number of nitrogens with one attached hydrogen (secondary N) is 1. The average molecular weight is 595 g/mol. The van der Waals surface area contributed by atoms with Gasteiger partial charge in [-0.1, -0.05) is 59.6 Å². The molecule has 0 bridgehead atoms. The van der Waals surface area contributed by atoms with Crippen LogP contribution in [0, 0.1) is 5.82 Å². The van der Waals surface area contributed by atoms with Crippen molar-refractivity contribution in [3.63, 3.8) is 0 Å². The maximum Gasteiger partial charge on any atom is 0.264 e. The van der Waals surface area contributed by atoms with Gasteiger partial charge in [-0.25, -0.2) is 12.8 Å². The van der Waals surface area contributed by atoms with Crippen molar-refractivity contribution in [2.75, 3.05) is 10.8 Å². The minimum absolute atomic E-state index is 0.00916. The quantitative estimate of drug-likeness (QED) is 0.347. The van der Waals surface area contributed by atoms with Crippen molar-refractivity contribution in [2.45, 2.75) is 50.7 Å². The number of amides is 2. The average Bonchev–Trinajstić information content (AvgIpc) is 2.87. The number of sulfonamides is 1. The summed E-state index contributed by atoms with van der Waals surface area (Å²) in [6.45, 7) is 6.22. The molecule has 3 rings (SSSR count). The molecule has 0 saturated carbocycles. The van der Waals surface area contributed by atoms with E-state index in [0.29, 0.717) is 5.56 Å². The molecule has 3 aromatic rings. The molecule has 0 aliphatic carbocycles. The van der Waals surface area contributed by atoms with Crippen LogP contribution in [0.3, 0.4) is 0 Å². The molecule has 0 saturated heterocycles. The first-order chi connectivity index (χ1) is 18.2. The third kappa shape index (κ3) is 7.71. The van der Waals surface area contributed by atoms with E-state index < -0.39 is 45.8 Å². The lowest BCUT2D eigenvalue weighted by Gasteiger charge is -2.33. The molecule has 1 atom stereocenters. The van der Waals surface area contributed by atoms with Crippen molar-refractivity contribution in [1.29, 1.82) is 0 Å². The topological polar surface area (TPSA) is 86.8 Å². The number of rotatable bonds is 9. The second kappa shape index (κ2) is 12.4. The van der Waals surface area contributed by atoms with Gasteiger partial charge in [-0.2, -0.15) is 0 Å². The summed E-state index contributed by atoms with van der Waals surface area (Å²) in [5, 5.41) is 2.90. The van der Waals surface area contributed by atoms with Gasteiger partial charge in [0.1, 0.15) is 18.4 Å². The molecule has 11 heteroatoms. The molecule has 0 spiro atoms. The summed E-state index contributed by atoms with van der Waals surface area (Å²) in [6, 6.07) is 16.6. The predicted molar refractivity (Wildman–Crippen MR) is 152 cm³/mol. The van der Waals surface area contributed by atoms with E-state index in [1.807, 2.05) is 0 Å². The van der Waals surface area contributed by atoms with Gasteiger partial charge in [-0.15, -0.1) is 0 Å². The third-order valence-electron chi connectivity index (χ3n) is 5.74. The zero-order chi connectivity index (χ0) is 29.0. The molecule has 208 valence electrons. The fourth-order valence-corrected chi connectivity index (χ4v) is 5.66. The van der Waals surface area contributed by atoms with E-state index in [1.165, 1.54) is 59.5 Å². The Hall–Kier alpha value is -3.14. The third-order valence-corrected chi connectivity index (χ3v) is 8.32. The molecule has 1 N–H and O–H groups in total. The molecule has 0 fully saturated rings. The van der Waals surface area contributed by atoms with Gasteiger partial charge < -0.3 is 10.2 Å². The van der Waals surface area contributed by atoms with Crippen LogP contribution < -0.4 is 9.62 Å². The molecule has 3 aromatic carbocycles. The van der Waals surface area contributed by atoms with Gasteiger partial charge in [0.05, 0.1) is 20.6 Å². The highest BCUT2D eigenvalue weighted by molar-refractivity contribution is 7.92. The predicted octanol–water partition coefficient (Wildman–Crippen LogP) is 5.66. The molecule has 7 nitrogen and oxygen atoms in total. The number of halogens is 3.